The molecular weight excluding hydrogens is 277 g/mol. The maximum absolute atomic E-state index is 13.2. The summed E-state index contributed by atoms with van der Waals surface area (Å²) < 4.78 is 14.0. The lowest BCUT2D eigenvalue weighted by atomic mass is 10.2. The maximum Gasteiger partial charge on any atom is 0.303 e. The monoisotopic (exact) mass is 289 g/mol. The van der Waals surface area contributed by atoms with Crippen LogP contribution >= 0.6 is 15.9 Å². The van der Waals surface area contributed by atoms with Gasteiger partial charge in [0.15, 0.2) is 0 Å². The van der Waals surface area contributed by atoms with E-state index in [0.717, 1.165) is 4.47 Å². The van der Waals surface area contributed by atoms with Crippen molar-refractivity contribution in [2.45, 2.75) is 19.3 Å². The molecule has 0 aliphatic carbocycles. The van der Waals surface area contributed by atoms with Gasteiger partial charge in [-0.05, 0) is 31.0 Å². The first kappa shape index (κ1) is 13.0. The number of halogens is 2. The van der Waals surface area contributed by atoms with Crippen LogP contribution in [0, 0.1) is 5.82 Å². The van der Waals surface area contributed by atoms with Crippen molar-refractivity contribution < 1.29 is 14.3 Å². The predicted octanol–water partition coefficient (Wildman–Crippen LogP) is 3.26. The van der Waals surface area contributed by atoms with E-state index in [4.69, 9.17) is 5.11 Å². The lowest BCUT2D eigenvalue weighted by molar-refractivity contribution is -0.137. The molecule has 16 heavy (non-hydrogen) atoms. The number of nitrogens with one attached hydrogen (secondary N) is 1. The van der Waals surface area contributed by atoms with Crippen LogP contribution in [0.15, 0.2) is 22.7 Å². The normalized spacial score (nSPS) is 10.1. The van der Waals surface area contributed by atoms with Gasteiger partial charge in [0, 0.05) is 17.4 Å². The number of unbranched alkanes of at least 4 members (excludes halogenated alkanes) is 1. The Morgan fingerprint density at radius 2 is 2.19 bits per heavy atom. The Labute approximate surface area is 102 Å². The highest BCUT2D eigenvalue weighted by molar-refractivity contribution is 9.10. The molecule has 0 radical (unpaired) electrons. The molecule has 0 fully saturated rings. The van der Waals surface area contributed by atoms with Gasteiger partial charge in [-0.1, -0.05) is 15.9 Å². The molecule has 2 N–H and O–H groups in total. The molecule has 1 aromatic carbocycles. The van der Waals surface area contributed by atoms with Crippen molar-refractivity contribution in [3.05, 3.63) is 28.5 Å². The highest BCUT2D eigenvalue weighted by atomic mass is 79.9. The van der Waals surface area contributed by atoms with E-state index in [0.29, 0.717) is 25.1 Å². The number of benzene rings is 1. The lowest BCUT2D eigenvalue weighted by Crippen LogP contribution is -2.04. The predicted molar refractivity (Wildman–Crippen MR) is 64.1 cm³/mol. The Morgan fingerprint density at radius 3 is 2.88 bits per heavy atom. The number of carboxylic acid groups (broad SMARTS) is 1. The molecule has 0 aliphatic heterocycles. The summed E-state index contributed by atoms with van der Waals surface area (Å²) in [6, 6.07) is 4.67. The molecule has 0 bridgehead atoms. The molecule has 88 valence electrons. The molecule has 3 nitrogen and oxygen atoms in total. The summed E-state index contributed by atoms with van der Waals surface area (Å²) in [5.41, 5.74) is 0.435. The van der Waals surface area contributed by atoms with E-state index in [1.54, 1.807) is 12.1 Å². The summed E-state index contributed by atoms with van der Waals surface area (Å²) >= 11 is 3.25. The zero-order chi connectivity index (χ0) is 12.0. The molecular formula is C11H13BrFNO2. The second-order valence-electron chi connectivity index (χ2n) is 3.40. The summed E-state index contributed by atoms with van der Waals surface area (Å²) in [7, 11) is 0. The van der Waals surface area contributed by atoms with E-state index in [-0.39, 0.29) is 12.2 Å². The zero-order valence-electron chi connectivity index (χ0n) is 8.67. The van der Waals surface area contributed by atoms with E-state index < -0.39 is 5.97 Å². The van der Waals surface area contributed by atoms with Gasteiger partial charge < -0.3 is 10.4 Å². The van der Waals surface area contributed by atoms with Crippen LogP contribution in [0.1, 0.15) is 19.3 Å². The van der Waals surface area contributed by atoms with Crippen LogP contribution < -0.4 is 5.32 Å². The van der Waals surface area contributed by atoms with Crippen LogP contribution in [0.3, 0.4) is 0 Å². The van der Waals surface area contributed by atoms with Gasteiger partial charge in [-0.2, -0.15) is 0 Å². The quantitative estimate of drug-likeness (QED) is 0.791. The van der Waals surface area contributed by atoms with E-state index in [1.807, 2.05) is 0 Å². The van der Waals surface area contributed by atoms with Gasteiger partial charge in [-0.15, -0.1) is 0 Å². The second-order valence-corrected chi connectivity index (χ2v) is 4.32. The third-order valence-electron chi connectivity index (χ3n) is 2.06. The van der Waals surface area contributed by atoms with Gasteiger partial charge in [-0.3, -0.25) is 4.79 Å². The molecule has 0 saturated heterocycles. The topological polar surface area (TPSA) is 49.3 Å². The van der Waals surface area contributed by atoms with E-state index in [1.165, 1.54) is 6.07 Å². The number of hydrogen-bond donors (Lipinski definition) is 2. The Morgan fingerprint density at radius 1 is 1.44 bits per heavy atom. The second kappa shape index (κ2) is 6.48. The summed E-state index contributed by atoms with van der Waals surface area (Å²) in [5, 5.41) is 11.4. The molecule has 0 heterocycles. The van der Waals surface area contributed by atoms with Gasteiger partial charge >= 0.3 is 5.97 Å². The van der Waals surface area contributed by atoms with Crippen LogP contribution in [0.5, 0.6) is 0 Å². The summed E-state index contributed by atoms with van der Waals surface area (Å²) in [6.45, 7) is 0.570. The standard InChI is InChI=1S/C11H13BrFNO2/c12-8-4-5-9(13)10(7-8)14-6-2-1-3-11(15)16/h4-5,7,14H,1-3,6H2,(H,15,16). The Hall–Kier alpha value is -1.10. The minimum Gasteiger partial charge on any atom is -0.481 e. The summed E-state index contributed by atoms with van der Waals surface area (Å²) in [5.74, 6) is -1.10. The number of anilines is 1. The fourth-order valence-electron chi connectivity index (χ4n) is 1.26. The minimum atomic E-state index is -0.798. The van der Waals surface area contributed by atoms with Gasteiger partial charge in [0.25, 0.3) is 0 Å². The first-order chi connectivity index (χ1) is 7.59. The molecule has 5 heteroatoms. The smallest absolute Gasteiger partial charge is 0.303 e. The van der Waals surface area contributed by atoms with Crippen LogP contribution in [0.4, 0.5) is 10.1 Å². The molecule has 1 aromatic rings. The van der Waals surface area contributed by atoms with Crippen LogP contribution in [0.25, 0.3) is 0 Å². The zero-order valence-corrected chi connectivity index (χ0v) is 10.3. The largest absolute Gasteiger partial charge is 0.481 e. The van der Waals surface area contributed by atoms with Gasteiger partial charge in [0.2, 0.25) is 0 Å². The molecule has 0 aliphatic rings. The number of rotatable bonds is 6. The van der Waals surface area contributed by atoms with Crippen molar-refractivity contribution in [3.8, 4) is 0 Å². The van der Waals surface area contributed by atoms with Crippen molar-refractivity contribution >= 4 is 27.6 Å². The SMILES string of the molecule is O=C(O)CCCCNc1cc(Br)ccc1F. The Balaban J connectivity index is 2.31. The van der Waals surface area contributed by atoms with Gasteiger partial charge in [0.05, 0.1) is 5.69 Å². The lowest BCUT2D eigenvalue weighted by Gasteiger charge is -2.07. The van der Waals surface area contributed by atoms with E-state index in [9.17, 15) is 9.18 Å². The number of hydrogen-bond acceptors (Lipinski definition) is 2. The highest BCUT2D eigenvalue weighted by Crippen LogP contribution is 2.19. The van der Waals surface area contributed by atoms with Crippen molar-refractivity contribution in [2.75, 3.05) is 11.9 Å². The molecule has 0 amide bonds. The highest BCUT2D eigenvalue weighted by Gasteiger charge is 2.02. The molecule has 1 rings (SSSR count). The van der Waals surface area contributed by atoms with Crippen LogP contribution in [-0.4, -0.2) is 17.6 Å². The minimum absolute atomic E-state index is 0.155. The van der Waals surface area contributed by atoms with E-state index in [2.05, 4.69) is 21.2 Å². The summed E-state index contributed by atoms with van der Waals surface area (Å²) in [6.07, 6.45) is 1.46. The average molecular weight is 290 g/mol. The summed E-state index contributed by atoms with van der Waals surface area (Å²) in [4.78, 5) is 10.2. The molecule has 0 aromatic heterocycles. The average Bonchev–Trinajstić information content (AvgIpc) is 2.22. The van der Waals surface area contributed by atoms with Crippen molar-refractivity contribution in [1.29, 1.82) is 0 Å². The van der Waals surface area contributed by atoms with Crippen molar-refractivity contribution in [2.24, 2.45) is 0 Å². The third kappa shape index (κ3) is 4.61. The first-order valence-corrected chi connectivity index (χ1v) is 5.79. The number of carboxylic acids is 1. The third-order valence-corrected chi connectivity index (χ3v) is 2.55. The van der Waals surface area contributed by atoms with Gasteiger partial charge in [0.1, 0.15) is 5.82 Å². The molecule has 0 atom stereocenters. The van der Waals surface area contributed by atoms with Crippen LogP contribution in [0.2, 0.25) is 0 Å². The van der Waals surface area contributed by atoms with Crippen molar-refractivity contribution in [1.82, 2.24) is 0 Å². The van der Waals surface area contributed by atoms with E-state index >= 15 is 0 Å². The number of aliphatic carboxylic acids is 1. The fraction of sp³-hybridized carbons (Fsp3) is 0.364. The number of carbonyl (C=O) groups is 1. The van der Waals surface area contributed by atoms with Crippen molar-refractivity contribution in [3.63, 3.8) is 0 Å². The molecule has 0 unspecified atom stereocenters. The Bertz CT molecular complexity index is 371. The fourth-order valence-corrected chi connectivity index (χ4v) is 1.62. The molecule has 0 saturated carbocycles. The molecule has 0 spiro atoms. The Kier molecular flexibility index (Phi) is 5.25. The maximum atomic E-state index is 13.2. The first-order valence-electron chi connectivity index (χ1n) is 5.00. The van der Waals surface area contributed by atoms with Crippen LogP contribution in [-0.2, 0) is 4.79 Å². The van der Waals surface area contributed by atoms with Gasteiger partial charge in [-0.25, -0.2) is 4.39 Å².